The SMILES string of the molecule is Cl.c1ccc(CCCOCCCCCCNCc2ccccc2)cc1. The third-order valence-electron chi connectivity index (χ3n) is 4.16. The zero-order chi connectivity index (χ0) is 16.7. The molecule has 0 aliphatic rings. The first-order valence-corrected chi connectivity index (χ1v) is 9.31. The van der Waals surface area contributed by atoms with E-state index in [2.05, 4.69) is 66.0 Å². The van der Waals surface area contributed by atoms with Gasteiger partial charge in [-0.05, 0) is 43.4 Å². The third-order valence-corrected chi connectivity index (χ3v) is 4.16. The fourth-order valence-electron chi connectivity index (χ4n) is 2.76. The Labute approximate surface area is 159 Å². The highest BCUT2D eigenvalue weighted by Gasteiger charge is 1.95. The lowest BCUT2D eigenvalue weighted by molar-refractivity contribution is 0.127. The van der Waals surface area contributed by atoms with E-state index in [-0.39, 0.29) is 12.4 Å². The monoisotopic (exact) mass is 361 g/mol. The van der Waals surface area contributed by atoms with E-state index < -0.39 is 0 Å². The summed E-state index contributed by atoms with van der Waals surface area (Å²) in [5.74, 6) is 0. The number of nitrogens with one attached hydrogen (secondary N) is 1. The molecule has 2 nitrogen and oxygen atoms in total. The zero-order valence-electron chi connectivity index (χ0n) is 15.2. The van der Waals surface area contributed by atoms with Crippen LogP contribution in [0.15, 0.2) is 60.7 Å². The molecule has 0 fully saturated rings. The average molecular weight is 362 g/mol. The zero-order valence-corrected chi connectivity index (χ0v) is 16.0. The second-order valence-corrected chi connectivity index (χ2v) is 6.28. The summed E-state index contributed by atoms with van der Waals surface area (Å²) in [5.41, 5.74) is 2.77. The van der Waals surface area contributed by atoms with Gasteiger partial charge in [-0.25, -0.2) is 0 Å². The van der Waals surface area contributed by atoms with Crippen LogP contribution in [0.4, 0.5) is 0 Å². The number of rotatable bonds is 13. The highest BCUT2D eigenvalue weighted by Crippen LogP contribution is 2.04. The molecule has 0 aliphatic carbocycles. The number of ether oxygens (including phenoxy) is 1. The molecule has 0 amide bonds. The van der Waals surface area contributed by atoms with Crippen LogP contribution in [0.2, 0.25) is 0 Å². The van der Waals surface area contributed by atoms with Crippen LogP contribution in [0.5, 0.6) is 0 Å². The Bertz CT molecular complexity index is 469. The molecule has 0 radical (unpaired) electrons. The summed E-state index contributed by atoms with van der Waals surface area (Å²) >= 11 is 0. The Kier molecular flexibility index (Phi) is 13.0. The van der Waals surface area contributed by atoms with Crippen LogP contribution in [0.1, 0.15) is 43.2 Å². The molecule has 0 bridgehead atoms. The van der Waals surface area contributed by atoms with Crippen LogP contribution in [0.25, 0.3) is 0 Å². The van der Waals surface area contributed by atoms with Crippen molar-refractivity contribution in [3.05, 3.63) is 71.8 Å². The van der Waals surface area contributed by atoms with E-state index in [4.69, 9.17) is 4.74 Å². The third kappa shape index (κ3) is 11.0. The molecule has 0 spiro atoms. The van der Waals surface area contributed by atoms with Crippen LogP contribution in [-0.4, -0.2) is 19.8 Å². The molecule has 0 heterocycles. The predicted octanol–water partition coefficient (Wildman–Crippen LogP) is 5.41. The molecular weight excluding hydrogens is 330 g/mol. The largest absolute Gasteiger partial charge is 0.381 e. The Morgan fingerprint density at radius 1 is 0.640 bits per heavy atom. The van der Waals surface area contributed by atoms with Crippen molar-refractivity contribution in [1.29, 1.82) is 0 Å². The second-order valence-electron chi connectivity index (χ2n) is 6.28. The van der Waals surface area contributed by atoms with Crippen LogP contribution in [0.3, 0.4) is 0 Å². The second kappa shape index (κ2) is 14.9. The minimum atomic E-state index is 0. The van der Waals surface area contributed by atoms with Crippen molar-refractivity contribution in [3.8, 4) is 0 Å². The Hall–Kier alpha value is -1.35. The van der Waals surface area contributed by atoms with Crippen LogP contribution < -0.4 is 5.32 Å². The van der Waals surface area contributed by atoms with Gasteiger partial charge in [0.15, 0.2) is 0 Å². The maximum Gasteiger partial charge on any atom is 0.0469 e. The Balaban J connectivity index is 0.00000312. The van der Waals surface area contributed by atoms with E-state index in [1.165, 1.54) is 36.8 Å². The van der Waals surface area contributed by atoms with Gasteiger partial charge in [-0.1, -0.05) is 73.5 Å². The van der Waals surface area contributed by atoms with Crippen molar-refractivity contribution in [2.45, 2.75) is 45.1 Å². The normalized spacial score (nSPS) is 10.4. The van der Waals surface area contributed by atoms with Crippen LogP contribution >= 0.6 is 12.4 Å². The van der Waals surface area contributed by atoms with Gasteiger partial charge in [-0.2, -0.15) is 0 Å². The molecular formula is C22H32ClNO. The summed E-state index contributed by atoms with van der Waals surface area (Å²) in [4.78, 5) is 0. The van der Waals surface area contributed by atoms with Crippen LogP contribution in [-0.2, 0) is 17.7 Å². The lowest BCUT2D eigenvalue weighted by atomic mass is 10.1. The van der Waals surface area contributed by atoms with Gasteiger partial charge < -0.3 is 10.1 Å². The lowest BCUT2D eigenvalue weighted by Gasteiger charge is -2.06. The van der Waals surface area contributed by atoms with E-state index in [1.807, 2.05) is 0 Å². The first kappa shape index (κ1) is 21.7. The van der Waals surface area contributed by atoms with Crippen molar-refractivity contribution >= 4 is 12.4 Å². The Morgan fingerprint density at radius 2 is 1.24 bits per heavy atom. The van der Waals surface area contributed by atoms with Crippen molar-refractivity contribution in [1.82, 2.24) is 5.32 Å². The van der Waals surface area contributed by atoms with Crippen molar-refractivity contribution in [3.63, 3.8) is 0 Å². The summed E-state index contributed by atoms with van der Waals surface area (Å²) < 4.78 is 5.73. The summed E-state index contributed by atoms with van der Waals surface area (Å²) in [6.45, 7) is 3.87. The molecule has 25 heavy (non-hydrogen) atoms. The summed E-state index contributed by atoms with van der Waals surface area (Å²) in [6, 6.07) is 21.2. The van der Waals surface area contributed by atoms with Gasteiger partial charge in [0.1, 0.15) is 0 Å². The molecule has 0 aliphatic heterocycles. The molecule has 2 rings (SSSR count). The van der Waals surface area contributed by atoms with Gasteiger partial charge in [0.25, 0.3) is 0 Å². The molecule has 0 saturated carbocycles. The highest BCUT2D eigenvalue weighted by atomic mass is 35.5. The molecule has 2 aromatic carbocycles. The molecule has 0 atom stereocenters. The van der Waals surface area contributed by atoms with Gasteiger partial charge in [-0.15, -0.1) is 12.4 Å². The molecule has 3 heteroatoms. The van der Waals surface area contributed by atoms with E-state index >= 15 is 0 Å². The number of hydrogen-bond acceptors (Lipinski definition) is 2. The summed E-state index contributed by atoms with van der Waals surface area (Å²) in [6.07, 6.45) is 7.23. The predicted molar refractivity (Wildman–Crippen MR) is 109 cm³/mol. The van der Waals surface area contributed by atoms with Gasteiger partial charge >= 0.3 is 0 Å². The topological polar surface area (TPSA) is 21.3 Å². The number of benzene rings is 2. The molecule has 138 valence electrons. The van der Waals surface area contributed by atoms with E-state index in [0.29, 0.717) is 0 Å². The summed E-state index contributed by atoms with van der Waals surface area (Å²) in [5, 5.41) is 3.50. The smallest absolute Gasteiger partial charge is 0.0469 e. The lowest BCUT2D eigenvalue weighted by Crippen LogP contribution is -2.14. The number of aryl methyl sites for hydroxylation is 1. The van der Waals surface area contributed by atoms with Gasteiger partial charge in [0, 0.05) is 19.8 Å². The van der Waals surface area contributed by atoms with E-state index in [9.17, 15) is 0 Å². The van der Waals surface area contributed by atoms with Crippen molar-refractivity contribution in [2.24, 2.45) is 0 Å². The van der Waals surface area contributed by atoms with Crippen LogP contribution in [0, 0.1) is 0 Å². The molecule has 1 N–H and O–H groups in total. The number of hydrogen-bond donors (Lipinski definition) is 1. The molecule has 0 saturated heterocycles. The quantitative estimate of drug-likeness (QED) is 0.482. The molecule has 0 aromatic heterocycles. The Morgan fingerprint density at radius 3 is 1.96 bits per heavy atom. The standard InChI is InChI=1S/C22H31NO.ClH/c1(9-17-23-20-22-14-7-4-8-15-22)2-10-18-24-19-11-16-21-12-5-3-6-13-21;/h3-8,12-15,23H,1-2,9-11,16-20H2;1H. The molecule has 2 aromatic rings. The van der Waals surface area contributed by atoms with E-state index in [1.54, 1.807) is 0 Å². The average Bonchev–Trinajstić information content (AvgIpc) is 2.64. The van der Waals surface area contributed by atoms with E-state index in [0.717, 1.165) is 39.1 Å². The van der Waals surface area contributed by atoms with Gasteiger partial charge in [-0.3, -0.25) is 0 Å². The fourth-order valence-corrected chi connectivity index (χ4v) is 2.76. The van der Waals surface area contributed by atoms with Gasteiger partial charge in [0.2, 0.25) is 0 Å². The number of halogens is 1. The molecule has 0 unspecified atom stereocenters. The van der Waals surface area contributed by atoms with Crippen molar-refractivity contribution in [2.75, 3.05) is 19.8 Å². The first-order chi connectivity index (χ1) is 11.9. The van der Waals surface area contributed by atoms with Crippen molar-refractivity contribution < 1.29 is 4.74 Å². The van der Waals surface area contributed by atoms with Gasteiger partial charge in [0.05, 0.1) is 0 Å². The number of unbranched alkanes of at least 4 members (excludes halogenated alkanes) is 3. The minimum absolute atomic E-state index is 0. The first-order valence-electron chi connectivity index (χ1n) is 9.31. The fraction of sp³-hybridized carbons (Fsp3) is 0.455. The maximum atomic E-state index is 5.73. The maximum absolute atomic E-state index is 5.73. The minimum Gasteiger partial charge on any atom is -0.381 e. The summed E-state index contributed by atoms with van der Waals surface area (Å²) in [7, 11) is 0. The highest BCUT2D eigenvalue weighted by molar-refractivity contribution is 5.85.